The van der Waals surface area contributed by atoms with Crippen molar-refractivity contribution in [1.29, 1.82) is 0 Å². The number of carbonyl (C=O) groups is 2. The van der Waals surface area contributed by atoms with Crippen molar-refractivity contribution < 1.29 is 14.7 Å². The molecule has 0 radical (unpaired) electrons. The Morgan fingerprint density at radius 1 is 1.16 bits per heavy atom. The molecule has 0 amide bonds. The maximum atomic E-state index is 12.3. The van der Waals surface area contributed by atoms with Crippen LogP contribution in [0.2, 0.25) is 0 Å². The summed E-state index contributed by atoms with van der Waals surface area (Å²) in [5, 5.41) is 11.2. The molecular formula is C22H34O3. The van der Waals surface area contributed by atoms with Crippen LogP contribution in [-0.4, -0.2) is 22.3 Å². The van der Waals surface area contributed by atoms with Crippen molar-refractivity contribution in [3.63, 3.8) is 0 Å². The molecule has 140 valence electrons. The number of allylic oxidation sites excluding steroid dienone is 2. The maximum absolute atomic E-state index is 12.3. The van der Waals surface area contributed by atoms with E-state index in [1.807, 2.05) is 0 Å². The summed E-state index contributed by atoms with van der Waals surface area (Å²) in [5.41, 5.74) is -1.43. The van der Waals surface area contributed by atoms with Gasteiger partial charge in [-0.25, -0.2) is 0 Å². The zero-order valence-corrected chi connectivity index (χ0v) is 16.3. The van der Waals surface area contributed by atoms with Gasteiger partial charge in [-0.2, -0.15) is 0 Å². The summed E-state index contributed by atoms with van der Waals surface area (Å²) in [6.07, 6.45) is 10.1. The van der Waals surface area contributed by atoms with Crippen LogP contribution >= 0.6 is 0 Å². The fourth-order valence-corrected chi connectivity index (χ4v) is 6.40. The average molecular weight is 347 g/mol. The molecule has 3 aliphatic rings. The molecule has 0 heterocycles. The predicted octanol–water partition coefficient (Wildman–Crippen LogP) is 4.33. The van der Waals surface area contributed by atoms with E-state index in [0.717, 1.165) is 32.1 Å². The lowest BCUT2D eigenvalue weighted by molar-refractivity contribution is -0.157. The minimum atomic E-state index is -1.14. The Hall–Kier alpha value is -0.960. The number of hydrogen-bond acceptors (Lipinski definition) is 3. The van der Waals surface area contributed by atoms with Crippen molar-refractivity contribution in [2.45, 2.75) is 78.2 Å². The van der Waals surface area contributed by atoms with Gasteiger partial charge in [0.05, 0.1) is 0 Å². The normalized spacial score (nSPS) is 47.9. The Bertz CT molecular complexity index is 580. The first-order valence-electron chi connectivity index (χ1n) is 10.1. The molecule has 7 atom stereocenters. The van der Waals surface area contributed by atoms with Crippen molar-refractivity contribution in [3.8, 4) is 0 Å². The number of Topliss-reactive ketones (excluding diaryl/α,β-unsaturated/α-hetero) is 1. The van der Waals surface area contributed by atoms with Gasteiger partial charge in [-0.1, -0.05) is 26.8 Å². The smallest absolute Gasteiger partial charge is 0.161 e. The largest absolute Gasteiger partial charge is 0.382 e. The third kappa shape index (κ3) is 3.03. The van der Waals surface area contributed by atoms with Crippen LogP contribution in [0.25, 0.3) is 0 Å². The summed E-state index contributed by atoms with van der Waals surface area (Å²) in [5.74, 6) is 2.66. The highest BCUT2D eigenvalue weighted by atomic mass is 16.3. The fraction of sp³-hybridized carbons (Fsp3) is 0.818. The van der Waals surface area contributed by atoms with Crippen LogP contribution in [0, 0.1) is 35.0 Å². The maximum Gasteiger partial charge on any atom is 0.161 e. The van der Waals surface area contributed by atoms with E-state index in [-0.39, 0.29) is 17.0 Å². The molecule has 0 saturated heterocycles. The molecule has 1 N–H and O–H groups in total. The zero-order valence-electron chi connectivity index (χ0n) is 16.3. The molecule has 2 fully saturated rings. The summed E-state index contributed by atoms with van der Waals surface area (Å²) >= 11 is 0. The average Bonchev–Trinajstić information content (AvgIpc) is 2.83. The number of carbonyl (C=O) groups excluding carboxylic acids is 2. The monoisotopic (exact) mass is 346 g/mol. The van der Waals surface area contributed by atoms with Gasteiger partial charge in [0.2, 0.25) is 0 Å². The van der Waals surface area contributed by atoms with Crippen molar-refractivity contribution in [1.82, 2.24) is 0 Å². The van der Waals surface area contributed by atoms with Gasteiger partial charge in [-0.15, -0.1) is 0 Å². The Kier molecular flexibility index (Phi) is 5.00. The SMILES string of the molecule is CC(=O)C1(O)CCC2C3CC(C)C=CC(=O)CCC(C)C3CCC21C. The van der Waals surface area contributed by atoms with Gasteiger partial charge >= 0.3 is 0 Å². The summed E-state index contributed by atoms with van der Waals surface area (Å²) in [6.45, 7) is 8.23. The number of fused-ring (bicyclic) bond motifs is 3. The van der Waals surface area contributed by atoms with Crippen LogP contribution in [0.4, 0.5) is 0 Å². The van der Waals surface area contributed by atoms with Crippen LogP contribution in [0.3, 0.4) is 0 Å². The Morgan fingerprint density at radius 3 is 2.56 bits per heavy atom. The first-order valence-corrected chi connectivity index (χ1v) is 10.1. The van der Waals surface area contributed by atoms with Crippen LogP contribution in [-0.2, 0) is 9.59 Å². The zero-order chi connectivity index (χ0) is 18.4. The highest BCUT2D eigenvalue weighted by Crippen LogP contribution is 2.63. The Labute approximate surface area is 152 Å². The molecule has 0 aromatic rings. The third-order valence-electron chi connectivity index (χ3n) is 8.06. The lowest BCUT2D eigenvalue weighted by Crippen LogP contribution is -2.54. The molecule has 3 aliphatic carbocycles. The topological polar surface area (TPSA) is 54.4 Å². The second kappa shape index (κ2) is 6.64. The van der Waals surface area contributed by atoms with E-state index in [1.165, 1.54) is 0 Å². The van der Waals surface area contributed by atoms with Gasteiger partial charge in [0.25, 0.3) is 0 Å². The molecular weight excluding hydrogens is 312 g/mol. The molecule has 3 heteroatoms. The first-order chi connectivity index (χ1) is 11.7. The van der Waals surface area contributed by atoms with Gasteiger partial charge in [0.1, 0.15) is 5.60 Å². The molecule has 25 heavy (non-hydrogen) atoms. The van der Waals surface area contributed by atoms with Gasteiger partial charge in [-0.05, 0) is 81.1 Å². The van der Waals surface area contributed by atoms with E-state index in [9.17, 15) is 14.7 Å². The molecule has 7 unspecified atom stereocenters. The number of hydrogen-bond donors (Lipinski definition) is 1. The lowest BCUT2D eigenvalue weighted by atomic mass is 9.53. The van der Waals surface area contributed by atoms with Crippen LogP contribution < -0.4 is 0 Å². The van der Waals surface area contributed by atoms with Crippen LogP contribution in [0.1, 0.15) is 72.6 Å². The molecule has 0 aliphatic heterocycles. The first kappa shape index (κ1) is 18.8. The third-order valence-corrected chi connectivity index (χ3v) is 8.06. The van der Waals surface area contributed by atoms with Crippen molar-refractivity contribution in [2.24, 2.45) is 35.0 Å². The lowest BCUT2D eigenvalue weighted by Gasteiger charge is -2.52. The van der Waals surface area contributed by atoms with Gasteiger partial charge in [0, 0.05) is 11.8 Å². The summed E-state index contributed by atoms with van der Waals surface area (Å²) < 4.78 is 0. The quantitative estimate of drug-likeness (QED) is 0.769. The highest BCUT2D eigenvalue weighted by Gasteiger charge is 2.63. The predicted molar refractivity (Wildman–Crippen MR) is 99.0 cm³/mol. The second-order valence-electron chi connectivity index (χ2n) is 9.40. The van der Waals surface area contributed by atoms with E-state index in [0.29, 0.717) is 42.4 Å². The van der Waals surface area contributed by atoms with Crippen LogP contribution in [0.5, 0.6) is 0 Å². The number of rotatable bonds is 1. The summed E-state index contributed by atoms with van der Waals surface area (Å²) in [4.78, 5) is 24.3. The van der Waals surface area contributed by atoms with Gasteiger partial charge in [0.15, 0.2) is 11.6 Å². The molecule has 0 aromatic carbocycles. The standard InChI is InChI=1S/C22H34O3/c1-14-5-7-17(24)8-6-15(2)18-9-11-21(4)20(19(18)13-14)10-12-22(21,25)16(3)23/h5,7,14-15,18-20,25H,6,8-13H2,1-4H3. The fourth-order valence-electron chi connectivity index (χ4n) is 6.40. The molecule has 0 aromatic heterocycles. The molecule has 3 rings (SSSR count). The molecule has 0 bridgehead atoms. The van der Waals surface area contributed by atoms with Crippen molar-refractivity contribution >= 4 is 11.6 Å². The highest BCUT2D eigenvalue weighted by molar-refractivity contribution is 5.89. The summed E-state index contributed by atoms with van der Waals surface area (Å²) in [6, 6.07) is 0. The minimum absolute atomic E-state index is 0.0533. The Balaban J connectivity index is 1.94. The van der Waals surface area contributed by atoms with Gasteiger partial charge < -0.3 is 5.11 Å². The van der Waals surface area contributed by atoms with E-state index in [1.54, 1.807) is 13.0 Å². The Morgan fingerprint density at radius 2 is 1.88 bits per heavy atom. The molecule has 3 nitrogen and oxygen atoms in total. The van der Waals surface area contributed by atoms with E-state index in [2.05, 4.69) is 26.8 Å². The van der Waals surface area contributed by atoms with E-state index in [4.69, 9.17) is 0 Å². The number of aliphatic hydroxyl groups is 1. The molecule has 2 saturated carbocycles. The molecule has 0 spiro atoms. The minimum Gasteiger partial charge on any atom is -0.382 e. The van der Waals surface area contributed by atoms with E-state index >= 15 is 0 Å². The number of ketones is 2. The van der Waals surface area contributed by atoms with Crippen molar-refractivity contribution in [2.75, 3.05) is 0 Å². The van der Waals surface area contributed by atoms with Gasteiger partial charge in [-0.3, -0.25) is 9.59 Å². The van der Waals surface area contributed by atoms with Crippen molar-refractivity contribution in [3.05, 3.63) is 12.2 Å². The van der Waals surface area contributed by atoms with E-state index < -0.39 is 5.60 Å². The summed E-state index contributed by atoms with van der Waals surface area (Å²) in [7, 11) is 0. The van der Waals surface area contributed by atoms with Crippen LogP contribution in [0.15, 0.2) is 12.2 Å². The second-order valence-corrected chi connectivity index (χ2v) is 9.40.